The molecule has 9 nitrogen and oxygen atoms in total. The maximum atomic E-state index is 12.0. The maximum absolute atomic E-state index is 12.0. The Hall–Kier alpha value is -2.72. The summed E-state index contributed by atoms with van der Waals surface area (Å²) < 4.78 is 27.5. The molecule has 0 bridgehead atoms. The lowest BCUT2D eigenvalue weighted by molar-refractivity contribution is -0.141. The minimum atomic E-state index is -3.94. The number of aryl methyl sites for hydroxylation is 1. The first kappa shape index (κ1) is 18.6. The molecule has 0 aliphatic heterocycles. The number of imidazole rings is 1. The molecule has 1 heterocycles. The molecule has 1 atom stereocenters. The Balaban J connectivity index is 1.94. The number of amides is 1. The number of carboxylic acids is 1. The first-order chi connectivity index (χ1) is 11.8. The second-order valence-electron chi connectivity index (χ2n) is 5.35. The average Bonchev–Trinajstić information content (AvgIpc) is 3.01. The highest BCUT2D eigenvalue weighted by molar-refractivity contribution is 7.89. The van der Waals surface area contributed by atoms with Crippen molar-refractivity contribution in [2.45, 2.75) is 17.5 Å². The monoisotopic (exact) mass is 366 g/mol. The molecule has 134 valence electrons. The van der Waals surface area contributed by atoms with Crippen molar-refractivity contribution in [1.29, 1.82) is 0 Å². The molecule has 1 aromatic carbocycles. The number of rotatable bonds is 8. The molecule has 0 saturated heterocycles. The van der Waals surface area contributed by atoms with Gasteiger partial charge in [-0.15, -0.1) is 0 Å². The summed E-state index contributed by atoms with van der Waals surface area (Å²) in [4.78, 5) is 26.9. The standard InChI is InChI=1S/C15H18N4O5S/c1-19-9-14(16-10-19)25(23,24)17-8-13(20)18-12(15(21)22)7-11-5-3-2-4-6-11/h2-6,9-10,12,17H,7-8H2,1H3,(H,18,20)(H,21,22)/t12-/m0/s1. The van der Waals surface area contributed by atoms with Crippen LogP contribution < -0.4 is 10.0 Å². The third-order valence-corrected chi connectivity index (χ3v) is 4.58. The van der Waals surface area contributed by atoms with Gasteiger partial charge in [-0.1, -0.05) is 30.3 Å². The summed E-state index contributed by atoms with van der Waals surface area (Å²) in [7, 11) is -2.33. The van der Waals surface area contributed by atoms with Gasteiger partial charge in [0.25, 0.3) is 10.0 Å². The zero-order valence-electron chi connectivity index (χ0n) is 13.4. The van der Waals surface area contributed by atoms with E-state index in [2.05, 4.69) is 15.0 Å². The zero-order valence-corrected chi connectivity index (χ0v) is 14.2. The number of carbonyl (C=O) groups is 2. The Morgan fingerprint density at radius 2 is 1.96 bits per heavy atom. The van der Waals surface area contributed by atoms with E-state index in [0.29, 0.717) is 0 Å². The van der Waals surface area contributed by atoms with Gasteiger partial charge in [-0.25, -0.2) is 22.9 Å². The molecule has 0 saturated carbocycles. The molecular formula is C15H18N4O5S. The van der Waals surface area contributed by atoms with Gasteiger partial charge in [-0.3, -0.25) is 4.79 Å². The number of aliphatic carboxylic acids is 1. The summed E-state index contributed by atoms with van der Waals surface area (Å²) in [5, 5.41) is 11.3. The van der Waals surface area contributed by atoms with E-state index in [0.717, 1.165) is 5.56 Å². The van der Waals surface area contributed by atoms with Gasteiger partial charge in [0.05, 0.1) is 12.9 Å². The number of hydrogen-bond acceptors (Lipinski definition) is 5. The fourth-order valence-corrected chi connectivity index (χ4v) is 3.02. The molecule has 0 radical (unpaired) electrons. The highest BCUT2D eigenvalue weighted by Gasteiger charge is 2.22. The third kappa shape index (κ3) is 5.40. The number of aromatic nitrogens is 2. The molecule has 10 heteroatoms. The van der Waals surface area contributed by atoms with Gasteiger partial charge in [-0.05, 0) is 5.56 Å². The lowest BCUT2D eigenvalue weighted by atomic mass is 10.1. The largest absolute Gasteiger partial charge is 0.480 e. The highest BCUT2D eigenvalue weighted by atomic mass is 32.2. The Bertz CT molecular complexity index is 848. The smallest absolute Gasteiger partial charge is 0.326 e. The molecule has 25 heavy (non-hydrogen) atoms. The molecule has 0 unspecified atom stereocenters. The average molecular weight is 366 g/mol. The van der Waals surface area contributed by atoms with Crippen LogP contribution in [0.15, 0.2) is 47.9 Å². The van der Waals surface area contributed by atoms with E-state index >= 15 is 0 Å². The normalized spacial score (nSPS) is 12.5. The van der Waals surface area contributed by atoms with Crippen molar-refractivity contribution in [3.05, 3.63) is 48.4 Å². The SMILES string of the molecule is Cn1cnc(S(=O)(=O)NCC(=O)N[C@@H](Cc2ccccc2)C(=O)O)c1. The fraction of sp³-hybridized carbons (Fsp3) is 0.267. The van der Waals surface area contributed by atoms with Crippen molar-refractivity contribution in [2.24, 2.45) is 7.05 Å². The Labute approximate surface area is 144 Å². The molecule has 1 amide bonds. The Kier molecular flexibility index (Phi) is 5.88. The van der Waals surface area contributed by atoms with Gasteiger partial charge < -0.3 is 15.0 Å². The number of benzene rings is 1. The van der Waals surface area contributed by atoms with Gasteiger partial charge in [0.15, 0.2) is 5.03 Å². The van der Waals surface area contributed by atoms with E-state index < -0.39 is 34.5 Å². The summed E-state index contributed by atoms with van der Waals surface area (Å²) in [5.41, 5.74) is 0.740. The van der Waals surface area contributed by atoms with Crippen LogP contribution in [-0.4, -0.2) is 47.5 Å². The van der Waals surface area contributed by atoms with Crippen LogP contribution in [0.2, 0.25) is 0 Å². The van der Waals surface area contributed by atoms with Crippen LogP contribution in [0.4, 0.5) is 0 Å². The number of hydrogen-bond donors (Lipinski definition) is 3. The van der Waals surface area contributed by atoms with E-state index in [-0.39, 0.29) is 11.4 Å². The van der Waals surface area contributed by atoms with Crippen LogP contribution in [0.25, 0.3) is 0 Å². The zero-order chi connectivity index (χ0) is 18.4. The summed E-state index contributed by atoms with van der Waals surface area (Å²) in [6, 6.07) is 7.64. The van der Waals surface area contributed by atoms with Gasteiger partial charge in [-0.2, -0.15) is 0 Å². The number of carbonyl (C=O) groups excluding carboxylic acids is 1. The minimum Gasteiger partial charge on any atom is -0.480 e. The summed E-state index contributed by atoms with van der Waals surface area (Å²) in [6.07, 6.45) is 2.69. The van der Waals surface area contributed by atoms with Gasteiger partial charge in [0, 0.05) is 19.7 Å². The summed E-state index contributed by atoms with van der Waals surface area (Å²) in [6.45, 7) is -0.586. The van der Waals surface area contributed by atoms with Crippen molar-refractivity contribution in [3.8, 4) is 0 Å². The van der Waals surface area contributed by atoms with Crippen LogP contribution in [-0.2, 0) is 33.1 Å². The van der Waals surface area contributed by atoms with E-state index in [1.54, 1.807) is 37.4 Å². The van der Waals surface area contributed by atoms with E-state index in [9.17, 15) is 23.1 Å². The fourth-order valence-electron chi connectivity index (χ4n) is 2.06. The molecule has 0 aliphatic carbocycles. The van der Waals surface area contributed by atoms with Gasteiger partial charge in [0.2, 0.25) is 5.91 Å². The Morgan fingerprint density at radius 3 is 2.52 bits per heavy atom. The summed E-state index contributed by atoms with van der Waals surface area (Å²) >= 11 is 0. The van der Waals surface area contributed by atoms with Crippen molar-refractivity contribution in [2.75, 3.05) is 6.54 Å². The minimum absolute atomic E-state index is 0.0922. The molecular weight excluding hydrogens is 348 g/mol. The molecule has 1 aromatic heterocycles. The number of carboxylic acid groups (broad SMARTS) is 1. The molecule has 2 aromatic rings. The predicted molar refractivity (Wildman–Crippen MR) is 88.1 cm³/mol. The second-order valence-corrected chi connectivity index (χ2v) is 7.06. The van der Waals surface area contributed by atoms with Crippen LogP contribution in [0.3, 0.4) is 0 Å². The topological polar surface area (TPSA) is 130 Å². The molecule has 3 N–H and O–H groups in total. The first-order valence-electron chi connectivity index (χ1n) is 7.31. The Morgan fingerprint density at radius 1 is 1.28 bits per heavy atom. The molecule has 0 aliphatic rings. The van der Waals surface area contributed by atoms with Crippen molar-refractivity contribution in [1.82, 2.24) is 19.6 Å². The lowest BCUT2D eigenvalue weighted by Crippen LogP contribution is -2.46. The van der Waals surface area contributed by atoms with Crippen molar-refractivity contribution in [3.63, 3.8) is 0 Å². The van der Waals surface area contributed by atoms with Crippen molar-refractivity contribution >= 4 is 21.9 Å². The third-order valence-electron chi connectivity index (χ3n) is 3.30. The van der Waals surface area contributed by atoms with Crippen LogP contribution >= 0.6 is 0 Å². The number of sulfonamides is 1. The lowest BCUT2D eigenvalue weighted by Gasteiger charge is -2.14. The molecule has 2 rings (SSSR count). The second kappa shape index (κ2) is 7.90. The number of nitrogens with one attached hydrogen (secondary N) is 2. The van der Waals surface area contributed by atoms with Gasteiger partial charge in [0.1, 0.15) is 6.04 Å². The van der Waals surface area contributed by atoms with E-state index in [1.807, 2.05) is 0 Å². The van der Waals surface area contributed by atoms with Crippen molar-refractivity contribution < 1.29 is 23.1 Å². The van der Waals surface area contributed by atoms with Crippen LogP contribution in [0.5, 0.6) is 0 Å². The first-order valence-corrected chi connectivity index (χ1v) is 8.80. The van der Waals surface area contributed by atoms with Crippen LogP contribution in [0.1, 0.15) is 5.56 Å². The maximum Gasteiger partial charge on any atom is 0.326 e. The number of nitrogens with zero attached hydrogens (tertiary/aromatic N) is 2. The predicted octanol–water partition coefficient (Wildman–Crippen LogP) is -0.489. The quantitative estimate of drug-likeness (QED) is 0.578. The van der Waals surface area contributed by atoms with E-state index in [4.69, 9.17) is 0 Å². The molecule has 0 spiro atoms. The highest BCUT2D eigenvalue weighted by Crippen LogP contribution is 2.05. The summed E-state index contributed by atoms with van der Waals surface area (Å²) in [5.74, 6) is -1.95. The van der Waals surface area contributed by atoms with Gasteiger partial charge >= 0.3 is 5.97 Å². The molecule has 0 fully saturated rings. The van der Waals surface area contributed by atoms with Crippen LogP contribution in [0, 0.1) is 0 Å². The van der Waals surface area contributed by atoms with E-state index in [1.165, 1.54) is 17.1 Å².